The van der Waals surface area contributed by atoms with Crippen LogP contribution in [0.15, 0.2) is 78.9 Å². The second kappa shape index (κ2) is 15.1. The molecule has 10 nitrogen and oxygen atoms in total. The average Bonchev–Trinajstić information content (AvgIpc) is 2.98. The maximum atomic E-state index is 13.5. The third kappa shape index (κ3) is 8.47. The van der Waals surface area contributed by atoms with Gasteiger partial charge in [0.2, 0.25) is 0 Å². The molecule has 3 rings (SSSR count). The van der Waals surface area contributed by atoms with Crippen LogP contribution in [0.2, 0.25) is 0 Å². The van der Waals surface area contributed by atoms with Gasteiger partial charge in [0.25, 0.3) is 0 Å². The minimum absolute atomic E-state index is 0.0426. The Labute approximate surface area is 233 Å². The van der Waals surface area contributed by atoms with E-state index in [9.17, 15) is 19.5 Å². The van der Waals surface area contributed by atoms with Gasteiger partial charge in [-0.3, -0.25) is 4.79 Å². The van der Waals surface area contributed by atoms with Crippen molar-refractivity contribution in [1.82, 2.24) is 10.4 Å². The molecule has 0 radical (unpaired) electrons. The summed E-state index contributed by atoms with van der Waals surface area (Å²) in [5, 5.41) is 11.0. The van der Waals surface area contributed by atoms with Gasteiger partial charge in [-0.05, 0) is 35.7 Å². The molecule has 0 unspecified atom stereocenters. The van der Waals surface area contributed by atoms with Gasteiger partial charge in [-0.1, -0.05) is 66.7 Å². The van der Waals surface area contributed by atoms with Crippen molar-refractivity contribution in [2.75, 3.05) is 20.8 Å². The Balaban J connectivity index is 1.94. The quantitative estimate of drug-likeness (QED) is 0.226. The number of hydrazine groups is 1. The molecule has 40 heavy (non-hydrogen) atoms. The fraction of sp³-hybridized carbons (Fsp3) is 0.300. The smallest absolute Gasteiger partial charge is 0.425 e. The van der Waals surface area contributed by atoms with Crippen LogP contribution in [0.5, 0.6) is 11.5 Å². The molecule has 212 valence electrons. The minimum Gasteiger partial charge on any atom is -0.493 e. The molecule has 0 fully saturated rings. The Bertz CT molecular complexity index is 1250. The first kappa shape index (κ1) is 30.0. The summed E-state index contributed by atoms with van der Waals surface area (Å²) in [5.41, 5.74) is 4.83. The fourth-order valence-electron chi connectivity index (χ4n) is 4.01. The topological polar surface area (TPSA) is 124 Å². The van der Waals surface area contributed by atoms with Crippen molar-refractivity contribution in [3.63, 3.8) is 0 Å². The Morgan fingerprint density at radius 1 is 0.800 bits per heavy atom. The number of methoxy groups -OCH3 is 2. The Kier molecular flexibility index (Phi) is 11.3. The summed E-state index contributed by atoms with van der Waals surface area (Å²) in [4.78, 5) is 39.0. The summed E-state index contributed by atoms with van der Waals surface area (Å²) in [6.45, 7) is 1.65. The van der Waals surface area contributed by atoms with Crippen LogP contribution in [0, 0.1) is 0 Å². The first-order valence-electron chi connectivity index (χ1n) is 12.8. The lowest BCUT2D eigenvalue weighted by molar-refractivity contribution is -0.152. The highest BCUT2D eigenvalue weighted by Crippen LogP contribution is 2.28. The number of hydrogen-bond acceptors (Lipinski definition) is 8. The molecular formula is C30H34N2O8. The molecule has 2 N–H and O–H groups in total. The molecule has 1 amide bonds. The molecule has 0 aliphatic rings. The van der Waals surface area contributed by atoms with E-state index in [4.69, 9.17) is 18.9 Å². The lowest BCUT2D eigenvalue weighted by Gasteiger charge is -2.32. The van der Waals surface area contributed by atoms with E-state index < -0.39 is 30.1 Å². The van der Waals surface area contributed by atoms with Gasteiger partial charge in [0.1, 0.15) is 12.6 Å². The number of ether oxygens (including phenoxy) is 4. The zero-order valence-electron chi connectivity index (χ0n) is 22.7. The van der Waals surface area contributed by atoms with Gasteiger partial charge in [0.15, 0.2) is 17.5 Å². The van der Waals surface area contributed by atoms with Crippen molar-refractivity contribution in [3.8, 4) is 11.5 Å². The molecule has 0 saturated carbocycles. The minimum atomic E-state index is -1.31. The number of nitrogens with one attached hydrogen (secondary N) is 1. The number of hydrogen-bond donors (Lipinski definition) is 2. The van der Waals surface area contributed by atoms with Gasteiger partial charge in [-0.2, -0.15) is 0 Å². The number of carboxylic acids is 1. The van der Waals surface area contributed by atoms with E-state index in [1.54, 1.807) is 73.7 Å². The number of aliphatic carboxylic acids is 1. The Morgan fingerprint density at radius 2 is 1.43 bits per heavy atom. The van der Waals surface area contributed by atoms with Crippen LogP contribution in [0.4, 0.5) is 4.79 Å². The van der Waals surface area contributed by atoms with E-state index in [0.717, 1.165) is 16.1 Å². The number of nitrogens with zero attached hydrogens (tertiary/aromatic N) is 1. The highest BCUT2D eigenvalue weighted by Gasteiger charge is 2.36. The second-order valence-corrected chi connectivity index (χ2v) is 8.78. The zero-order chi connectivity index (χ0) is 28.9. The van der Waals surface area contributed by atoms with Crippen molar-refractivity contribution < 1.29 is 38.4 Å². The van der Waals surface area contributed by atoms with E-state index in [-0.39, 0.29) is 26.1 Å². The maximum Gasteiger partial charge on any atom is 0.425 e. The Morgan fingerprint density at radius 3 is 2.00 bits per heavy atom. The molecule has 10 heteroatoms. The van der Waals surface area contributed by atoms with Gasteiger partial charge in [-0.25, -0.2) is 20.0 Å². The third-order valence-corrected chi connectivity index (χ3v) is 6.02. The number of esters is 1. The summed E-state index contributed by atoms with van der Waals surface area (Å²) >= 11 is 0. The highest BCUT2D eigenvalue weighted by atomic mass is 16.6. The van der Waals surface area contributed by atoms with Gasteiger partial charge in [0.05, 0.1) is 20.8 Å². The van der Waals surface area contributed by atoms with E-state index in [0.29, 0.717) is 17.1 Å². The molecule has 0 heterocycles. The molecule has 0 aromatic heterocycles. The van der Waals surface area contributed by atoms with Crippen LogP contribution in [0.3, 0.4) is 0 Å². The molecule has 3 aromatic rings. The SMILES string of the molecule is CCOC(=O)[C@H](Cc1ccccc1)N(N[C@@H](Cc1ccc(OC)c(OC)c1)C(=O)O)C(=O)OCc1ccccc1. The van der Waals surface area contributed by atoms with Crippen LogP contribution in [0.25, 0.3) is 0 Å². The summed E-state index contributed by atoms with van der Waals surface area (Å²) in [6.07, 6.45) is -0.897. The normalized spacial score (nSPS) is 12.1. The molecule has 0 bridgehead atoms. The number of carboxylic acid groups (broad SMARTS) is 1. The lowest BCUT2D eigenvalue weighted by Crippen LogP contribution is -2.59. The van der Waals surface area contributed by atoms with E-state index in [1.165, 1.54) is 14.2 Å². The number of benzene rings is 3. The maximum absolute atomic E-state index is 13.5. The Hall–Kier alpha value is -4.57. The number of carbonyl (C=O) groups excluding carboxylic acids is 2. The summed E-state index contributed by atoms with van der Waals surface area (Å²) in [5.74, 6) is -1.03. The molecule has 2 atom stereocenters. The predicted molar refractivity (Wildman–Crippen MR) is 147 cm³/mol. The van der Waals surface area contributed by atoms with Crippen LogP contribution in [-0.4, -0.2) is 61.1 Å². The summed E-state index contributed by atoms with van der Waals surface area (Å²) in [7, 11) is 2.98. The van der Waals surface area contributed by atoms with Crippen molar-refractivity contribution in [3.05, 3.63) is 95.6 Å². The first-order chi connectivity index (χ1) is 19.4. The van der Waals surface area contributed by atoms with Crippen molar-refractivity contribution >= 4 is 18.0 Å². The van der Waals surface area contributed by atoms with Gasteiger partial charge in [-0.15, -0.1) is 0 Å². The van der Waals surface area contributed by atoms with E-state index in [1.807, 2.05) is 12.1 Å². The van der Waals surface area contributed by atoms with Crippen molar-refractivity contribution in [1.29, 1.82) is 0 Å². The van der Waals surface area contributed by atoms with E-state index in [2.05, 4.69) is 5.43 Å². The highest BCUT2D eigenvalue weighted by molar-refractivity contribution is 5.82. The monoisotopic (exact) mass is 550 g/mol. The van der Waals surface area contributed by atoms with Crippen LogP contribution in [-0.2, 0) is 38.5 Å². The van der Waals surface area contributed by atoms with Crippen molar-refractivity contribution in [2.45, 2.75) is 38.5 Å². The largest absolute Gasteiger partial charge is 0.493 e. The van der Waals surface area contributed by atoms with Gasteiger partial charge in [0, 0.05) is 12.8 Å². The first-order valence-corrected chi connectivity index (χ1v) is 12.8. The standard InChI is InChI=1S/C30H34N2O8/c1-4-39-29(35)25(18-21-11-7-5-8-12-21)32(30(36)40-20-22-13-9-6-10-14-22)31-24(28(33)34)17-23-15-16-26(37-2)27(19-23)38-3/h5-16,19,24-25,31H,4,17-18,20H2,1-3H3,(H,33,34)/t24-,25-/m0/s1. The van der Waals surface area contributed by atoms with Gasteiger partial charge < -0.3 is 24.1 Å². The number of rotatable bonds is 14. The molecule has 0 aliphatic heterocycles. The zero-order valence-corrected chi connectivity index (χ0v) is 22.7. The summed E-state index contributed by atoms with van der Waals surface area (Å²) in [6, 6.07) is 20.6. The average molecular weight is 551 g/mol. The number of carbonyl (C=O) groups is 3. The molecule has 0 spiro atoms. The van der Waals surface area contributed by atoms with Gasteiger partial charge >= 0.3 is 18.0 Å². The lowest BCUT2D eigenvalue weighted by atomic mass is 10.0. The van der Waals surface area contributed by atoms with Crippen LogP contribution < -0.4 is 14.9 Å². The molecule has 3 aromatic carbocycles. The number of amides is 1. The predicted octanol–water partition coefficient (Wildman–Crippen LogP) is 4.02. The van der Waals surface area contributed by atoms with E-state index >= 15 is 0 Å². The van der Waals surface area contributed by atoms with Crippen LogP contribution in [0.1, 0.15) is 23.6 Å². The second-order valence-electron chi connectivity index (χ2n) is 8.78. The fourth-order valence-corrected chi connectivity index (χ4v) is 4.01. The molecule has 0 saturated heterocycles. The van der Waals surface area contributed by atoms with Crippen LogP contribution >= 0.6 is 0 Å². The summed E-state index contributed by atoms with van der Waals surface area (Å²) < 4.78 is 21.4. The third-order valence-electron chi connectivity index (χ3n) is 6.02. The van der Waals surface area contributed by atoms with Crippen molar-refractivity contribution in [2.24, 2.45) is 0 Å². The molecule has 0 aliphatic carbocycles. The molecular weight excluding hydrogens is 516 g/mol.